The van der Waals surface area contributed by atoms with Gasteiger partial charge < -0.3 is 9.84 Å². The normalized spacial score (nSPS) is 12.5. The van der Waals surface area contributed by atoms with Crippen LogP contribution in [0.1, 0.15) is 43.2 Å². The first-order valence-electron chi connectivity index (χ1n) is 5.94. The minimum atomic E-state index is 0.289. The van der Waals surface area contributed by atoms with Gasteiger partial charge in [0, 0.05) is 6.61 Å². The molecule has 0 amide bonds. The number of rotatable bonds is 6. The third kappa shape index (κ3) is 3.53. The van der Waals surface area contributed by atoms with E-state index in [0.29, 0.717) is 5.92 Å². The third-order valence-corrected chi connectivity index (χ3v) is 2.97. The lowest BCUT2D eigenvalue weighted by Gasteiger charge is -2.16. The molecule has 0 unspecified atom stereocenters. The molecule has 0 fully saturated rings. The zero-order chi connectivity index (χ0) is 12.0. The van der Waals surface area contributed by atoms with E-state index in [2.05, 4.69) is 32.0 Å². The van der Waals surface area contributed by atoms with Crippen LogP contribution in [0.2, 0.25) is 0 Å². The Morgan fingerprint density at radius 2 is 2.06 bits per heavy atom. The molecule has 0 spiro atoms. The monoisotopic (exact) mass is 222 g/mol. The SMILES string of the molecule is COc1cc(C)ccc1[C@@H](C)CCCCO. The van der Waals surface area contributed by atoms with Crippen molar-refractivity contribution in [2.75, 3.05) is 13.7 Å². The molecule has 0 saturated heterocycles. The molecule has 0 saturated carbocycles. The lowest BCUT2D eigenvalue weighted by Crippen LogP contribution is -1.99. The molecular weight excluding hydrogens is 200 g/mol. The maximum absolute atomic E-state index is 8.76. The summed E-state index contributed by atoms with van der Waals surface area (Å²) in [7, 11) is 1.72. The summed E-state index contributed by atoms with van der Waals surface area (Å²) in [6.45, 7) is 4.57. The molecule has 90 valence electrons. The maximum atomic E-state index is 8.76. The zero-order valence-corrected chi connectivity index (χ0v) is 10.5. The van der Waals surface area contributed by atoms with Crippen LogP contribution in [0.4, 0.5) is 0 Å². The summed E-state index contributed by atoms with van der Waals surface area (Å²) < 4.78 is 5.40. The van der Waals surface area contributed by atoms with Crippen LogP contribution in [-0.2, 0) is 0 Å². The molecule has 0 aliphatic carbocycles. The highest BCUT2D eigenvalue weighted by Crippen LogP contribution is 2.30. The summed E-state index contributed by atoms with van der Waals surface area (Å²) in [4.78, 5) is 0. The first-order valence-corrected chi connectivity index (χ1v) is 5.94. The number of benzene rings is 1. The van der Waals surface area contributed by atoms with E-state index < -0.39 is 0 Å². The lowest BCUT2D eigenvalue weighted by molar-refractivity contribution is 0.281. The molecule has 0 aromatic heterocycles. The maximum Gasteiger partial charge on any atom is 0.122 e. The van der Waals surface area contributed by atoms with E-state index in [1.807, 2.05) is 0 Å². The van der Waals surface area contributed by atoms with Crippen LogP contribution in [0.3, 0.4) is 0 Å². The summed E-state index contributed by atoms with van der Waals surface area (Å²) in [6, 6.07) is 6.36. The summed E-state index contributed by atoms with van der Waals surface area (Å²) in [6.07, 6.45) is 3.05. The fraction of sp³-hybridized carbons (Fsp3) is 0.571. The van der Waals surface area contributed by atoms with Gasteiger partial charge in [-0.1, -0.05) is 25.5 Å². The van der Waals surface area contributed by atoms with Gasteiger partial charge in [-0.05, 0) is 42.9 Å². The fourth-order valence-corrected chi connectivity index (χ4v) is 1.94. The van der Waals surface area contributed by atoms with E-state index in [1.54, 1.807) is 7.11 Å². The zero-order valence-electron chi connectivity index (χ0n) is 10.5. The second kappa shape index (κ2) is 6.54. The van der Waals surface area contributed by atoms with Gasteiger partial charge >= 0.3 is 0 Å². The summed E-state index contributed by atoms with van der Waals surface area (Å²) in [5.41, 5.74) is 2.49. The number of methoxy groups -OCH3 is 1. The van der Waals surface area contributed by atoms with Gasteiger partial charge in [-0.3, -0.25) is 0 Å². The van der Waals surface area contributed by atoms with Crippen molar-refractivity contribution in [2.45, 2.75) is 39.0 Å². The van der Waals surface area contributed by atoms with Crippen molar-refractivity contribution < 1.29 is 9.84 Å². The van der Waals surface area contributed by atoms with Gasteiger partial charge in [0.15, 0.2) is 0 Å². The number of hydrogen-bond acceptors (Lipinski definition) is 2. The quantitative estimate of drug-likeness (QED) is 0.748. The summed E-state index contributed by atoms with van der Waals surface area (Å²) >= 11 is 0. The minimum absolute atomic E-state index is 0.289. The van der Waals surface area contributed by atoms with Gasteiger partial charge in [-0.25, -0.2) is 0 Å². The fourth-order valence-electron chi connectivity index (χ4n) is 1.94. The standard InChI is InChI=1S/C14H22O2/c1-11-7-8-13(14(10-11)16-3)12(2)6-4-5-9-15/h7-8,10,12,15H,4-6,9H2,1-3H3/t12-/m0/s1. The Balaban J connectivity index is 2.70. The van der Waals surface area contributed by atoms with Crippen LogP contribution in [-0.4, -0.2) is 18.8 Å². The highest BCUT2D eigenvalue weighted by Gasteiger charge is 2.10. The van der Waals surface area contributed by atoms with E-state index in [1.165, 1.54) is 11.1 Å². The van der Waals surface area contributed by atoms with E-state index in [-0.39, 0.29) is 6.61 Å². The minimum Gasteiger partial charge on any atom is -0.496 e. The van der Waals surface area contributed by atoms with Crippen molar-refractivity contribution in [1.82, 2.24) is 0 Å². The molecule has 0 bridgehead atoms. The average Bonchev–Trinajstić information content (AvgIpc) is 2.29. The van der Waals surface area contributed by atoms with E-state index in [0.717, 1.165) is 25.0 Å². The first-order chi connectivity index (χ1) is 7.69. The number of hydrogen-bond donors (Lipinski definition) is 1. The molecule has 1 N–H and O–H groups in total. The van der Waals surface area contributed by atoms with Crippen molar-refractivity contribution in [3.63, 3.8) is 0 Å². The lowest BCUT2D eigenvalue weighted by atomic mass is 9.94. The Morgan fingerprint density at radius 3 is 2.69 bits per heavy atom. The Kier molecular flexibility index (Phi) is 5.33. The molecule has 0 aliphatic heterocycles. The predicted molar refractivity (Wildman–Crippen MR) is 67.1 cm³/mol. The number of aliphatic hydroxyl groups is 1. The molecule has 2 heteroatoms. The second-order valence-electron chi connectivity index (χ2n) is 4.37. The van der Waals surface area contributed by atoms with Crippen LogP contribution in [0.5, 0.6) is 5.75 Å². The number of ether oxygens (including phenoxy) is 1. The molecule has 16 heavy (non-hydrogen) atoms. The van der Waals surface area contributed by atoms with E-state index in [4.69, 9.17) is 9.84 Å². The number of unbranched alkanes of at least 4 members (excludes halogenated alkanes) is 1. The van der Waals surface area contributed by atoms with Gasteiger partial charge in [-0.15, -0.1) is 0 Å². The van der Waals surface area contributed by atoms with Crippen LogP contribution < -0.4 is 4.74 Å². The van der Waals surface area contributed by atoms with Crippen molar-refractivity contribution in [1.29, 1.82) is 0 Å². The molecule has 1 rings (SSSR count). The second-order valence-corrected chi connectivity index (χ2v) is 4.37. The molecular formula is C14H22O2. The van der Waals surface area contributed by atoms with Crippen molar-refractivity contribution in [3.8, 4) is 5.75 Å². The van der Waals surface area contributed by atoms with Crippen molar-refractivity contribution >= 4 is 0 Å². The Labute approximate surface area is 98.3 Å². The van der Waals surface area contributed by atoms with Crippen molar-refractivity contribution in [3.05, 3.63) is 29.3 Å². The molecule has 1 aromatic carbocycles. The molecule has 1 atom stereocenters. The Hall–Kier alpha value is -1.02. The summed E-state index contributed by atoms with van der Waals surface area (Å²) in [5, 5.41) is 8.76. The third-order valence-electron chi connectivity index (χ3n) is 2.97. The highest BCUT2D eigenvalue weighted by atomic mass is 16.5. The van der Waals surface area contributed by atoms with E-state index in [9.17, 15) is 0 Å². The topological polar surface area (TPSA) is 29.5 Å². The van der Waals surface area contributed by atoms with Crippen LogP contribution in [0.15, 0.2) is 18.2 Å². The molecule has 2 nitrogen and oxygen atoms in total. The van der Waals surface area contributed by atoms with E-state index >= 15 is 0 Å². The highest BCUT2D eigenvalue weighted by molar-refractivity contribution is 5.39. The van der Waals surface area contributed by atoms with Crippen LogP contribution in [0, 0.1) is 6.92 Å². The van der Waals surface area contributed by atoms with Crippen LogP contribution >= 0.6 is 0 Å². The Morgan fingerprint density at radius 1 is 1.31 bits per heavy atom. The number of aryl methyl sites for hydroxylation is 1. The first kappa shape index (κ1) is 13.0. The van der Waals surface area contributed by atoms with Gasteiger partial charge in [0.25, 0.3) is 0 Å². The van der Waals surface area contributed by atoms with Gasteiger partial charge in [0.05, 0.1) is 7.11 Å². The van der Waals surface area contributed by atoms with Crippen LogP contribution in [0.25, 0.3) is 0 Å². The molecule has 0 aliphatic rings. The van der Waals surface area contributed by atoms with Gasteiger partial charge in [-0.2, -0.15) is 0 Å². The average molecular weight is 222 g/mol. The molecule has 0 radical (unpaired) electrons. The van der Waals surface area contributed by atoms with Gasteiger partial charge in [0.2, 0.25) is 0 Å². The summed E-state index contributed by atoms with van der Waals surface area (Å²) in [5.74, 6) is 1.47. The smallest absolute Gasteiger partial charge is 0.122 e. The largest absolute Gasteiger partial charge is 0.496 e. The number of aliphatic hydroxyl groups excluding tert-OH is 1. The van der Waals surface area contributed by atoms with Gasteiger partial charge in [0.1, 0.15) is 5.75 Å². The molecule has 1 aromatic rings. The Bertz CT molecular complexity index is 321. The molecule has 0 heterocycles. The predicted octanol–water partition coefficient (Wildman–Crippen LogP) is 3.27. The van der Waals surface area contributed by atoms with Crippen molar-refractivity contribution in [2.24, 2.45) is 0 Å².